The number of carbonyl (C=O) groups excluding carboxylic acids is 2. The molecule has 0 spiro atoms. The van der Waals surface area contributed by atoms with Crippen LogP contribution in [-0.2, 0) is 4.79 Å². The zero-order chi connectivity index (χ0) is 8.43. The van der Waals surface area contributed by atoms with E-state index >= 15 is 0 Å². The number of nitrogens with one attached hydrogen (secondary N) is 1. The fraction of sp³-hybridized carbons (Fsp3) is 0.600. The summed E-state index contributed by atoms with van der Waals surface area (Å²) >= 11 is 0. The van der Waals surface area contributed by atoms with Gasteiger partial charge in [-0.25, -0.2) is 10.6 Å². The highest BCUT2D eigenvalue weighted by Gasteiger charge is 2.35. The number of nitrogens with two attached hydrogens (primary N) is 2. The topological polar surface area (TPSA) is 101 Å². The summed E-state index contributed by atoms with van der Waals surface area (Å²) in [7, 11) is 0. The van der Waals surface area contributed by atoms with Gasteiger partial charge in [-0.1, -0.05) is 0 Å². The molecule has 0 saturated carbocycles. The molecule has 0 aromatic heterocycles. The van der Waals surface area contributed by atoms with E-state index in [2.05, 4.69) is 0 Å². The predicted octanol–water partition coefficient (Wildman–Crippen LogP) is -1.87. The van der Waals surface area contributed by atoms with E-state index in [1.54, 1.807) is 0 Å². The fourth-order valence-corrected chi connectivity index (χ4v) is 1.01. The Hall–Kier alpha value is -1.30. The summed E-state index contributed by atoms with van der Waals surface area (Å²) in [4.78, 5) is 22.7. The van der Waals surface area contributed by atoms with Crippen LogP contribution < -0.4 is 17.0 Å². The first kappa shape index (κ1) is 7.80. The highest BCUT2D eigenvalue weighted by Crippen LogP contribution is 2.15. The second-order valence-corrected chi connectivity index (χ2v) is 2.35. The van der Waals surface area contributed by atoms with Crippen molar-refractivity contribution in [2.24, 2.45) is 11.6 Å². The van der Waals surface area contributed by atoms with Crippen LogP contribution in [0, 0.1) is 0 Å². The van der Waals surface area contributed by atoms with Crippen molar-refractivity contribution in [2.45, 2.75) is 12.5 Å². The van der Waals surface area contributed by atoms with Gasteiger partial charge in [0.05, 0.1) is 0 Å². The van der Waals surface area contributed by atoms with Crippen molar-refractivity contribution in [3.05, 3.63) is 0 Å². The van der Waals surface area contributed by atoms with E-state index in [1.807, 2.05) is 5.43 Å². The molecule has 1 unspecified atom stereocenters. The Balaban J connectivity index is 2.49. The average Bonchev–Trinajstić information content (AvgIpc) is 1.83. The van der Waals surface area contributed by atoms with E-state index in [-0.39, 0.29) is 0 Å². The summed E-state index contributed by atoms with van der Waals surface area (Å²) in [5.41, 5.74) is 6.91. The smallest absolute Gasteiger partial charge is 0.332 e. The molecule has 1 fully saturated rings. The first-order chi connectivity index (χ1) is 5.16. The Kier molecular flexibility index (Phi) is 1.95. The van der Waals surface area contributed by atoms with E-state index in [0.29, 0.717) is 13.0 Å². The molecular weight excluding hydrogens is 148 g/mol. The molecule has 62 valence electrons. The molecule has 0 bridgehead atoms. The molecule has 1 heterocycles. The Bertz CT molecular complexity index is 193. The van der Waals surface area contributed by atoms with Crippen molar-refractivity contribution in [3.63, 3.8) is 0 Å². The first-order valence-corrected chi connectivity index (χ1v) is 3.23. The summed E-state index contributed by atoms with van der Waals surface area (Å²) in [5, 5.41) is 0. The van der Waals surface area contributed by atoms with E-state index < -0.39 is 18.0 Å². The van der Waals surface area contributed by atoms with E-state index in [4.69, 9.17) is 11.6 Å². The molecule has 11 heavy (non-hydrogen) atoms. The fourth-order valence-electron chi connectivity index (χ4n) is 1.01. The van der Waals surface area contributed by atoms with Gasteiger partial charge in [0, 0.05) is 6.54 Å². The van der Waals surface area contributed by atoms with Gasteiger partial charge in [-0.2, -0.15) is 0 Å². The van der Waals surface area contributed by atoms with Gasteiger partial charge in [-0.05, 0) is 6.42 Å². The van der Waals surface area contributed by atoms with Gasteiger partial charge in [-0.3, -0.25) is 10.2 Å². The molecule has 0 aromatic carbocycles. The number of hydrazine groups is 1. The number of hydrogen-bond acceptors (Lipinski definition) is 3. The van der Waals surface area contributed by atoms with Crippen molar-refractivity contribution in [3.8, 4) is 0 Å². The minimum atomic E-state index is -0.486. The quantitative estimate of drug-likeness (QED) is 0.236. The lowest BCUT2D eigenvalue weighted by Gasteiger charge is -2.37. The molecule has 1 aliphatic rings. The predicted molar refractivity (Wildman–Crippen MR) is 37.0 cm³/mol. The number of nitrogens with zero attached hydrogens (tertiary/aromatic N) is 1. The third kappa shape index (κ3) is 1.25. The molecule has 1 aliphatic heterocycles. The number of rotatable bonds is 1. The van der Waals surface area contributed by atoms with Crippen LogP contribution in [0.2, 0.25) is 0 Å². The Morgan fingerprint density at radius 2 is 2.18 bits per heavy atom. The van der Waals surface area contributed by atoms with Crippen LogP contribution in [0.3, 0.4) is 0 Å². The van der Waals surface area contributed by atoms with E-state index in [0.717, 1.165) is 0 Å². The first-order valence-electron chi connectivity index (χ1n) is 3.23. The van der Waals surface area contributed by atoms with Crippen LogP contribution in [0.4, 0.5) is 4.79 Å². The highest BCUT2D eigenvalue weighted by atomic mass is 16.2. The molecule has 1 saturated heterocycles. The van der Waals surface area contributed by atoms with Crippen LogP contribution in [0.25, 0.3) is 0 Å². The molecule has 5 N–H and O–H groups in total. The van der Waals surface area contributed by atoms with E-state index in [9.17, 15) is 9.59 Å². The minimum Gasteiger partial charge on any atom is -0.368 e. The third-order valence-electron chi connectivity index (χ3n) is 1.73. The van der Waals surface area contributed by atoms with Gasteiger partial charge in [-0.15, -0.1) is 0 Å². The highest BCUT2D eigenvalue weighted by molar-refractivity contribution is 5.87. The molecule has 6 heteroatoms. The Labute approximate surface area is 63.5 Å². The summed E-state index contributed by atoms with van der Waals surface area (Å²) in [6.07, 6.45) is 0.628. The summed E-state index contributed by atoms with van der Waals surface area (Å²) in [5.74, 6) is 4.37. The Morgan fingerprint density at radius 1 is 1.55 bits per heavy atom. The van der Waals surface area contributed by atoms with Crippen molar-refractivity contribution < 1.29 is 9.59 Å². The number of primary amides is 1. The van der Waals surface area contributed by atoms with Gasteiger partial charge in [0.15, 0.2) is 0 Å². The number of hydrogen-bond donors (Lipinski definition) is 3. The van der Waals surface area contributed by atoms with Gasteiger partial charge in [0.1, 0.15) is 6.04 Å². The summed E-state index contributed by atoms with van der Waals surface area (Å²) < 4.78 is 0. The lowest BCUT2D eigenvalue weighted by atomic mass is 10.0. The number of likely N-dealkylation sites (tertiary alicyclic amines) is 1. The van der Waals surface area contributed by atoms with Crippen molar-refractivity contribution in [1.82, 2.24) is 10.3 Å². The van der Waals surface area contributed by atoms with Gasteiger partial charge < -0.3 is 10.6 Å². The maximum Gasteiger partial charge on any atom is 0.332 e. The molecule has 0 aromatic rings. The standard InChI is InChI=1S/C5H10N4O2/c6-4(10)3-1-2-9(3)5(11)8-7/h3H,1-2,7H2,(H2,6,10)(H,8,11). The van der Waals surface area contributed by atoms with Crippen LogP contribution in [0.1, 0.15) is 6.42 Å². The third-order valence-corrected chi connectivity index (χ3v) is 1.73. The molecule has 3 amide bonds. The Morgan fingerprint density at radius 3 is 2.45 bits per heavy atom. The number of carbonyl (C=O) groups is 2. The van der Waals surface area contributed by atoms with Gasteiger partial charge in [0.25, 0.3) is 0 Å². The largest absolute Gasteiger partial charge is 0.368 e. The second kappa shape index (κ2) is 2.75. The molecule has 0 radical (unpaired) electrons. The molecule has 1 atom stereocenters. The van der Waals surface area contributed by atoms with Gasteiger partial charge >= 0.3 is 6.03 Å². The van der Waals surface area contributed by atoms with Crippen molar-refractivity contribution in [2.75, 3.05) is 6.54 Å². The molecule has 6 nitrogen and oxygen atoms in total. The second-order valence-electron chi connectivity index (χ2n) is 2.35. The van der Waals surface area contributed by atoms with Crippen LogP contribution >= 0.6 is 0 Å². The van der Waals surface area contributed by atoms with Gasteiger partial charge in [0.2, 0.25) is 5.91 Å². The zero-order valence-corrected chi connectivity index (χ0v) is 5.91. The summed E-state index contributed by atoms with van der Waals surface area (Å²) in [6, 6.07) is -0.932. The van der Waals surface area contributed by atoms with Crippen LogP contribution in [0.15, 0.2) is 0 Å². The maximum absolute atomic E-state index is 10.8. The molecule has 0 aliphatic carbocycles. The van der Waals surface area contributed by atoms with Crippen LogP contribution in [-0.4, -0.2) is 29.4 Å². The lowest BCUT2D eigenvalue weighted by molar-refractivity contribution is -0.125. The number of urea groups is 1. The number of amides is 3. The average molecular weight is 158 g/mol. The zero-order valence-electron chi connectivity index (χ0n) is 5.91. The van der Waals surface area contributed by atoms with Crippen molar-refractivity contribution >= 4 is 11.9 Å². The maximum atomic E-state index is 10.8. The summed E-state index contributed by atoms with van der Waals surface area (Å²) in [6.45, 7) is 0.538. The normalized spacial score (nSPS) is 22.3. The lowest BCUT2D eigenvalue weighted by Crippen LogP contribution is -2.60. The molecular formula is C5H10N4O2. The van der Waals surface area contributed by atoms with Crippen molar-refractivity contribution in [1.29, 1.82) is 0 Å². The molecule has 1 rings (SSSR count). The SMILES string of the molecule is NNC(=O)N1CCC1C(N)=O. The monoisotopic (exact) mass is 158 g/mol. The van der Waals surface area contributed by atoms with Crippen LogP contribution in [0.5, 0.6) is 0 Å². The van der Waals surface area contributed by atoms with E-state index in [1.165, 1.54) is 4.90 Å². The minimum absolute atomic E-state index is 0.458.